The average Bonchev–Trinajstić information content (AvgIpc) is 2.91. The smallest absolute Gasteiger partial charge is 0.249 e. The van der Waals surface area contributed by atoms with E-state index >= 15 is 0 Å². The van der Waals surface area contributed by atoms with E-state index in [0.29, 0.717) is 25.9 Å². The molecular formula is C22H24N2O4. The number of fused-ring (bicyclic) bond motifs is 4. The van der Waals surface area contributed by atoms with Gasteiger partial charge in [-0.1, -0.05) is 42.5 Å². The molecular weight excluding hydrogens is 356 g/mol. The van der Waals surface area contributed by atoms with Crippen LogP contribution < -0.4 is 4.74 Å². The van der Waals surface area contributed by atoms with Crippen LogP contribution in [0.3, 0.4) is 0 Å². The molecule has 0 spiro atoms. The highest BCUT2D eigenvalue weighted by atomic mass is 16.5. The number of hydrogen-bond donors (Lipinski definition) is 1. The van der Waals surface area contributed by atoms with Gasteiger partial charge in [0.05, 0.1) is 13.2 Å². The Hall–Kier alpha value is -2.86. The summed E-state index contributed by atoms with van der Waals surface area (Å²) in [7, 11) is 1.60. The molecule has 28 heavy (non-hydrogen) atoms. The highest BCUT2D eigenvalue weighted by molar-refractivity contribution is 5.98. The van der Waals surface area contributed by atoms with Crippen LogP contribution in [0.15, 0.2) is 54.6 Å². The molecule has 3 atom stereocenters. The zero-order valence-corrected chi connectivity index (χ0v) is 15.8. The van der Waals surface area contributed by atoms with Gasteiger partial charge in [-0.2, -0.15) is 0 Å². The van der Waals surface area contributed by atoms with E-state index in [1.54, 1.807) is 16.9 Å². The lowest BCUT2D eigenvalue weighted by Crippen LogP contribution is -2.64. The number of rotatable bonds is 5. The molecule has 2 bridgehead atoms. The van der Waals surface area contributed by atoms with Crippen LogP contribution in [-0.4, -0.2) is 52.0 Å². The van der Waals surface area contributed by atoms with Gasteiger partial charge in [-0.25, -0.2) is 0 Å². The van der Waals surface area contributed by atoms with Crippen LogP contribution in [0, 0.1) is 0 Å². The topological polar surface area (TPSA) is 70.1 Å². The summed E-state index contributed by atoms with van der Waals surface area (Å²) in [4.78, 5) is 29.6. The number of methoxy groups -OCH3 is 1. The first kappa shape index (κ1) is 18.5. The van der Waals surface area contributed by atoms with Crippen LogP contribution in [0.5, 0.6) is 5.75 Å². The quantitative estimate of drug-likeness (QED) is 0.861. The molecule has 0 radical (unpaired) electrons. The normalized spacial score (nSPS) is 24.4. The first-order valence-corrected chi connectivity index (χ1v) is 9.54. The molecule has 146 valence electrons. The Bertz CT molecular complexity index is 853. The van der Waals surface area contributed by atoms with Crippen molar-refractivity contribution in [2.45, 2.75) is 44.1 Å². The van der Waals surface area contributed by atoms with Crippen molar-refractivity contribution in [1.82, 2.24) is 9.80 Å². The summed E-state index contributed by atoms with van der Waals surface area (Å²) in [6.45, 7) is 0.682. The molecule has 6 nitrogen and oxygen atoms in total. The molecule has 3 aliphatic heterocycles. The van der Waals surface area contributed by atoms with E-state index in [-0.39, 0.29) is 11.8 Å². The summed E-state index contributed by atoms with van der Waals surface area (Å²) >= 11 is 0. The maximum Gasteiger partial charge on any atom is 0.249 e. The van der Waals surface area contributed by atoms with Crippen LogP contribution in [0.4, 0.5) is 0 Å². The van der Waals surface area contributed by atoms with Gasteiger partial charge in [0.25, 0.3) is 0 Å². The summed E-state index contributed by atoms with van der Waals surface area (Å²) in [6.07, 6.45) is 0.0752. The van der Waals surface area contributed by atoms with E-state index in [9.17, 15) is 14.7 Å². The molecule has 3 fully saturated rings. The van der Waals surface area contributed by atoms with Gasteiger partial charge in [0.15, 0.2) is 0 Å². The fourth-order valence-electron chi connectivity index (χ4n) is 4.13. The minimum absolute atomic E-state index is 0.0899. The van der Waals surface area contributed by atoms with Gasteiger partial charge in [0.2, 0.25) is 11.8 Å². The Morgan fingerprint density at radius 2 is 1.54 bits per heavy atom. The van der Waals surface area contributed by atoms with Gasteiger partial charge < -0.3 is 19.6 Å². The lowest BCUT2D eigenvalue weighted by molar-refractivity contribution is -0.164. The third-order valence-corrected chi connectivity index (χ3v) is 5.62. The summed E-state index contributed by atoms with van der Waals surface area (Å²) in [5, 5.41) is 10.6. The van der Waals surface area contributed by atoms with Crippen molar-refractivity contribution in [3.63, 3.8) is 0 Å². The Morgan fingerprint density at radius 3 is 2.21 bits per heavy atom. The van der Waals surface area contributed by atoms with Crippen LogP contribution in [0.25, 0.3) is 0 Å². The molecule has 3 heterocycles. The van der Waals surface area contributed by atoms with Crippen molar-refractivity contribution in [1.29, 1.82) is 0 Å². The zero-order valence-electron chi connectivity index (χ0n) is 15.8. The number of carbonyl (C=O) groups excluding carboxylic acids is 2. The highest BCUT2D eigenvalue weighted by Gasteiger charge is 2.51. The third kappa shape index (κ3) is 3.36. The number of amides is 2. The molecule has 2 aromatic rings. The standard InChI is InChI=1S/C22H24N2O4/c1-28-17-9-7-16(8-10-17)14-24-20-19(25)12-11-18(21(24)26)23(22(20)27)13-15-5-3-2-4-6-15/h2-10,18-20,25H,11-14H2,1H3/t18-,19+,20-/m0/s1. The summed E-state index contributed by atoms with van der Waals surface area (Å²) in [6, 6.07) is 15.7. The predicted octanol–water partition coefficient (Wildman–Crippen LogP) is 1.96. The number of hydrogen-bond acceptors (Lipinski definition) is 4. The van der Waals surface area contributed by atoms with Crippen LogP contribution in [0.1, 0.15) is 24.0 Å². The van der Waals surface area contributed by atoms with E-state index < -0.39 is 18.2 Å². The molecule has 0 aliphatic carbocycles. The number of piperazine rings is 1. The highest BCUT2D eigenvalue weighted by Crippen LogP contribution is 2.32. The van der Waals surface area contributed by atoms with E-state index in [0.717, 1.165) is 16.9 Å². The molecule has 3 aliphatic rings. The molecule has 3 saturated heterocycles. The SMILES string of the molecule is COc1ccc(CN2C(=O)[C@@H]3CC[C@@H](O)[C@H]2C(=O)N3Cc2ccccc2)cc1. The maximum atomic E-state index is 13.2. The van der Waals surface area contributed by atoms with E-state index in [1.807, 2.05) is 54.6 Å². The fraction of sp³-hybridized carbons (Fsp3) is 0.364. The Morgan fingerprint density at radius 1 is 0.893 bits per heavy atom. The van der Waals surface area contributed by atoms with Gasteiger partial charge in [-0.15, -0.1) is 0 Å². The maximum absolute atomic E-state index is 13.2. The number of benzene rings is 2. The molecule has 2 aromatic carbocycles. The molecule has 6 heteroatoms. The molecule has 0 aromatic heterocycles. The molecule has 2 amide bonds. The Balaban J connectivity index is 1.60. The minimum atomic E-state index is -0.847. The van der Waals surface area contributed by atoms with Gasteiger partial charge in [-0.3, -0.25) is 9.59 Å². The van der Waals surface area contributed by atoms with Gasteiger partial charge >= 0.3 is 0 Å². The van der Waals surface area contributed by atoms with Crippen molar-refractivity contribution >= 4 is 11.8 Å². The number of ether oxygens (including phenoxy) is 1. The van der Waals surface area contributed by atoms with E-state index in [4.69, 9.17) is 4.74 Å². The van der Waals surface area contributed by atoms with Crippen molar-refractivity contribution in [3.8, 4) is 5.75 Å². The van der Waals surface area contributed by atoms with E-state index in [1.165, 1.54) is 0 Å². The second kappa shape index (κ2) is 7.64. The number of nitrogens with zero attached hydrogens (tertiary/aromatic N) is 2. The fourth-order valence-corrected chi connectivity index (χ4v) is 4.13. The van der Waals surface area contributed by atoms with Crippen molar-refractivity contribution in [2.24, 2.45) is 0 Å². The second-order valence-electron chi connectivity index (χ2n) is 7.37. The van der Waals surface area contributed by atoms with E-state index in [2.05, 4.69) is 0 Å². The number of carbonyl (C=O) groups is 2. The van der Waals surface area contributed by atoms with Gasteiger partial charge in [0, 0.05) is 13.1 Å². The van der Waals surface area contributed by atoms with Crippen LogP contribution in [0.2, 0.25) is 0 Å². The lowest BCUT2D eigenvalue weighted by Gasteiger charge is -2.43. The monoisotopic (exact) mass is 380 g/mol. The van der Waals surface area contributed by atoms with Crippen molar-refractivity contribution < 1.29 is 19.4 Å². The van der Waals surface area contributed by atoms with Crippen molar-refractivity contribution in [3.05, 3.63) is 65.7 Å². The third-order valence-electron chi connectivity index (χ3n) is 5.62. The van der Waals surface area contributed by atoms with Crippen LogP contribution in [-0.2, 0) is 22.7 Å². The summed E-state index contributed by atoms with van der Waals surface area (Å²) < 4.78 is 5.17. The van der Waals surface area contributed by atoms with Gasteiger partial charge in [-0.05, 0) is 36.1 Å². The number of aliphatic hydroxyl groups excluding tert-OH is 1. The largest absolute Gasteiger partial charge is 0.497 e. The molecule has 0 unspecified atom stereocenters. The molecule has 0 saturated carbocycles. The average molecular weight is 380 g/mol. The Labute approximate surface area is 164 Å². The van der Waals surface area contributed by atoms with Gasteiger partial charge in [0.1, 0.15) is 17.8 Å². The van der Waals surface area contributed by atoms with Crippen LogP contribution >= 0.6 is 0 Å². The summed E-state index contributed by atoms with van der Waals surface area (Å²) in [5.41, 5.74) is 1.88. The van der Waals surface area contributed by atoms with Crippen molar-refractivity contribution in [2.75, 3.05) is 7.11 Å². The second-order valence-corrected chi connectivity index (χ2v) is 7.37. The molecule has 5 rings (SSSR count). The predicted molar refractivity (Wildman–Crippen MR) is 103 cm³/mol. The Kier molecular flexibility index (Phi) is 5.05. The lowest BCUT2D eigenvalue weighted by atomic mass is 10.0. The minimum Gasteiger partial charge on any atom is -0.497 e. The first-order chi connectivity index (χ1) is 13.6. The zero-order chi connectivity index (χ0) is 19.7. The first-order valence-electron chi connectivity index (χ1n) is 9.54. The number of aliphatic hydroxyl groups is 1. The summed E-state index contributed by atoms with van der Waals surface area (Å²) in [5.74, 6) is 0.470. The molecule has 1 N–H and O–H groups in total.